The molecule has 11 nitrogen and oxygen atoms in total. The molecular formula is C28H38N8O3. The van der Waals surface area contributed by atoms with Crippen LogP contribution in [-0.4, -0.2) is 107 Å². The van der Waals surface area contributed by atoms with Gasteiger partial charge in [0.05, 0.1) is 19.7 Å². The molecule has 3 heterocycles. The average molecular weight is 535 g/mol. The first-order valence-corrected chi connectivity index (χ1v) is 13.2. The number of carbonyl (C=O) groups is 1. The minimum Gasteiger partial charge on any atom is -0.480 e. The molecule has 0 amide bonds. The van der Waals surface area contributed by atoms with Crippen LogP contribution in [-0.2, 0) is 22.6 Å². The zero-order valence-electron chi connectivity index (χ0n) is 22.5. The first-order chi connectivity index (χ1) is 19.0. The van der Waals surface area contributed by atoms with Crippen LogP contribution in [0.25, 0.3) is 11.1 Å². The molecular weight excluding hydrogens is 496 g/mol. The molecule has 208 valence electrons. The highest BCUT2D eigenvalue weighted by Gasteiger charge is 2.18. The molecule has 0 atom stereocenters. The van der Waals surface area contributed by atoms with Crippen molar-refractivity contribution in [1.82, 2.24) is 29.7 Å². The van der Waals surface area contributed by atoms with Gasteiger partial charge in [-0.15, -0.1) is 0 Å². The van der Waals surface area contributed by atoms with E-state index in [4.69, 9.17) is 15.6 Å². The minimum absolute atomic E-state index is 0.109. The summed E-state index contributed by atoms with van der Waals surface area (Å²) in [5, 5.41) is 12.4. The highest BCUT2D eigenvalue weighted by Crippen LogP contribution is 2.23. The van der Waals surface area contributed by atoms with E-state index in [1.54, 1.807) is 13.3 Å². The summed E-state index contributed by atoms with van der Waals surface area (Å²) in [6, 6.07) is 12.2. The molecule has 1 aromatic carbocycles. The van der Waals surface area contributed by atoms with Gasteiger partial charge in [0.25, 0.3) is 0 Å². The number of nitrogens with one attached hydrogen (secondary N) is 1. The molecule has 1 aliphatic heterocycles. The molecule has 0 spiro atoms. The average Bonchev–Trinajstić information content (AvgIpc) is 2.93. The highest BCUT2D eigenvalue weighted by atomic mass is 16.5. The van der Waals surface area contributed by atoms with Gasteiger partial charge in [0.1, 0.15) is 11.6 Å². The van der Waals surface area contributed by atoms with Gasteiger partial charge >= 0.3 is 5.97 Å². The van der Waals surface area contributed by atoms with E-state index in [1.807, 2.05) is 41.6 Å². The normalized spacial score (nSPS) is 14.5. The van der Waals surface area contributed by atoms with E-state index < -0.39 is 5.97 Å². The van der Waals surface area contributed by atoms with Crippen molar-refractivity contribution < 1.29 is 14.6 Å². The van der Waals surface area contributed by atoms with E-state index in [1.165, 1.54) is 5.56 Å². The number of hydrogen-bond acceptors (Lipinski definition) is 10. The molecule has 11 heteroatoms. The lowest BCUT2D eigenvalue weighted by Gasteiger charge is -2.33. The molecule has 3 aromatic rings. The summed E-state index contributed by atoms with van der Waals surface area (Å²) in [6.07, 6.45) is 5.46. The Morgan fingerprint density at radius 1 is 1.05 bits per heavy atom. The van der Waals surface area contributed by atoms with Gasteiger partial charge in [-0.3, -0.25) is 19.5 Å². The van der Waals surface area contributed by atoms with Gasteiger partial charge in [0.15, 0.2) is 0 Å². The number of aromatic nitrogens is 3. The van der Waals surface area contributed by atoms with Crippen LogP contribution >= 0.6 is 0 Å². The maximum absolute atomic E-state index is 10.9. The number of rotatable bonds is 14. The molecule has 0 unspecified atom stereocenters. The van der Waals surface area contributed by atoms with E-state index in [-0.39, 0.29) is 6.54 Å². The molecule has 0 aliphatic carbocycles. The fraction of sp³-hybridized carbons (Fsp3) is 0.429. The number of carboxylic acids is 1. The van der Waals surface area contributed by atoms with Gasteiger partial charge in [-0.1, -0.05) is 12.1 Å². The Morgan fingerprint density at radius 2 is 1.82 bits per heavy atom. The lowest BCUT2D eigenvalue weighted by molar-refractivity contribution is -0.138. The predicted molar refractivity (Wildman–Crippen MR) is 151 cm³/mol. The summed E-state index contributed by atoms with van der Waals surface area (Å²) in [6.45, 7) is 7.56. The van der Waals surface area contributed by atoms with Crippen molar-refractivity contribution in [3.05, 3.63) is 66.4 Å². The van der Waals surface area contributed by atoms with E-state index in [0.717, 1.165) is 74.3 Å². The summed E-state index contributed by atoms with van der Waals surface area (Å²) in [4.78, 5) is 31.1. The lowest BCUT2D eigenvalue weighted by atomic mass is 10.1. The van der Waals surface area contributed by atoms with Gasteiger partial charge in [-0.2, -0.15) is 0 Å². The summed E-state index contributed by atoms with van der Waals surface area (Å²) in [5.41, 5.74) is 9.79. The molecule has 2 aromatic heterocycles. The second-order valence-electron chi connectivity index (χ2n) is 9.65. The molecule has 0 bridgehead atoms. The van der Waals surface area contributed by atoms with Crippen molar-refractivity contribution in [1.29, 1.82) is 0 Å². The molecule has 0 saturated carbocycles. The summed E-state index contributed by atoms with van der Waals surface area (Å²) in [5.74, 6) is 0.716. The Hall–Kier alpha value is -3.48. The Morgan fingerprint density at radius 3 is 2.54 bits per heavy atom. The Labute approximate surface area is 229 Å². The van der Waals surface area contributed by atoms with Crippen molar-refractivity contribution in [2.24, 2.45) is 5.73 Å². The number of ether oxygens (including phenoxy) is 1. The van der Waals surface area contributed by atoms with Crippen LogP contribution in [0.15, 0.2) is 55.0 Å². The van der Waals surface area contributed by atoms with Crippen LogP contribution in [0.3, 0.4) is 0 Å². The highest BCUT2D eigenvalue weighted by molar-refractivity contribution is 5.69. The molecule has 1 fully saturated rings. The second kappa shape index (κ2) is 14.6. The van der Waals surface area contributed by atoms with Crippen LogP contribution in [0.5, 0.6) is 0 Å². The molecule has 1 aliphatic rings. The zero-order chi connectivity index (χ0) is 27.5. The predicted octanol–water partition coefficient (Wildman–Crippen LogP) is 1.89. The van der Waals surface area contributed by atoms with Gasteiger partial charge < -0.3 is 20.9 Å². The molecule has 1 saturated heterocycles. The topological polar surface area (TPSA) is 133 Å². The first kappa shape index (κ1) is 28.5. The number of carboxylic acid groups (broad SMARTS) is 1. The number of methoxy groups -OCH3 is 1. The first-order valence-electron chi connectivity index (χ1n) is 13.2. The number of pyridine rings is 1. The molecule has 4 N–H and O–H groups in total. The standard InChI is InChI=1S/C28H38N8O3/c1-39-14-13-34(8-6-29)20-27-31-17-24(18-32-27)23-5-7-30-26(16-23)33-25-4-2-3-22(15-25)19-35-9-11-36(12-10-35)21-28(37)38/h2-5,7,15-18H,6,8-14,19-21,29H2,1H3,(H,30,33)(H,37,38). The summed E-state index contributed by atoms with van der Waals surface area (Å²) in [7, 11) is 1.69. The lowest BCUT2D eigenvalue weighted by Crippen LogP contribution is -2.47. The maximum atomic E-state index is 10.9. The third-order valence-corrected chi connectivity index (χ3v) is 6.65. The monoisotopic (exact) mass is 534 g/mol. The van der Waals surface area contributed by atoms with Gasteiger partial charge in [-0.25, -0.2) is 15.0 Å². The van der Waals surface area contributed by atoms with Crippen LogP contribution in [0, 0.1) is 0 Å². The smallest absolute Gasteiger partial charge is 0.317 e. The largest absolute Gasteiger partial charge is 0.480 e. The van der Waals surface area contributed by atoms with E-state index >= 15 is 0 Å². The van der Waals surface area contributed by atoms with Crippen molar-refractivity contribution in [3.63, 3.8) is 0 Å². The number of aliphatic carboxylic acids is 1. The Kier molecular flexibility index (Phi) is 10.7. The fourth-order valence-electron chi connectivity index (χ4n) is 4.59. The van der Waals surface area contributed by atoms with Crippen LogP contribution in [0.2, 0.25) is 0 Å². The number of nitrogens with two attached hydrogens (primary N) is 1. The Bertz CT molecular complexity index is 1190. The molecule has 0 radical (unpaired) electrons. The van der Waals surface area contributed by atoms with Crippen LogP contribution < -0.4 is 11.1 Å². The third-order valence-electron chi connectivity index (χ3n) is 6.65. The van der Waals surface area contributed by atoms with Crippen molar-refractivity contribution in [3.8, 4) is 11.1 Å². The van der Waals surface area contributed by atoms with Crippen molar-refractivity contribution in [2.75, 3.05) is 71.4 Å². The third kappa shape index (κ3) is 9.05. The van der Waals surface area contributed by atoms with Gasteiger partial charge in [0.2, 0.25) is 0 Å². The molecule has 4 rings (SSSR count). The van der Waals surface area contributed by atoms with E-state index in [2.05, 4.69) is 42.2 Å². The quantitative estimate of drug-likeness (QED) is 0.280. The number of piperazine rings is 1. The number of anilines is 2. The van der Waals surface area contributed by atoms with Crippen molar-refractivity contribution in [2.45, 2.75) is 13.1 Å². The Balaban J connectivity index is 1.35. The van der Waals surface area contributed by atoms with Gasteiger partial charge in [0, 0.05) is 89.3 Å². The summed E-state index contributed by atoms with van der Waals surface area (Å²) < 4.78 is 5.19. The zero-order valence-corrected chi connectivity index (χ0v) is 22.5. The number of hydrogen-bond donors (Lipinski definition) is 3. The van der Waals surface area contributed by atoms with Crippen molar-refractivity contribution >= 4 is 17.5 Å². The van der Waals surface area contributed by atoms with E-state index in [0.29, 0.717) is 19.7 Å². The van der Waals surface area contributed by atoms with Crippen LogP contribution in [0.4, 0.5) is 11.5 Å². The maximum Gasteiger partial charge on any atom is 0.317 e. The molecule has 39 heavy (non-hydrogen) atoms. The second-order valence-corrected chi connectivity index (χ2v) is 9.65. The van der Waals surface area contributed by atoms with Crippen LogP contribution in [0.1, 0.15) is 11.4 Å². The SMILES string of the molecule is COCCN(CCN)Cc1ncc(-c2ccnc(Nc3cccc(CN4CCN(CC(=O)O)CC4)c3)c2)cn1. The minimum atomic E-state index is -0.771. The van der Waals surface area contributed by atoms with E-state index in [9.17, 15) is 4.79 Å². The number of benzene rings is 1. The number of nitrogens with zero attached hydrogens (tertiary/aromatic N) is 6. The fourth-order valence-corrected chi connectivity index (χ4v) is 4.59. The summed E-state index contributed by atoms with van der Waals surface area (Å²) >= 11 is 0. The van der Waals surface area contributed by atoms with Gasteiger partial charge in [-0.05, 0) is 35.4 Å².